The number of aliphatic hydroxyl groups is 1. The maximum absolute atomic E-state index is 14.2. The van der Waals surface area contributed by atoms with Crippen LogP contribution >= 0.6 is 0 Å². The number of fused-ring (bicyclic) bond motifs is 1. The van der Waals surface area contributed by atoms with E-state index in [-0.39, 0.29) is 81.2 Å². The molecular weight excluding hydrogens is 1240 g/mol. The molecular formula is C65H85F4N7O16S. The van der Waals surface area contributed by atoms with Gasteiger partial charge in [-0.1, -0.05) is 37.3 Å². The van der Waals surface area contributed by atoms with Gasteiger partial charge in [-0.25, -0.2) is 22.2 Å². The molecule has 0 radical (unpaired) electrons. The van der Waals surface area contributed by atoms with Crippen molar-refractivity contribution in [1.82, 2.24) is 9.21 Å². The van der Waals surface area contributed by atoms with Gasteiger partial charge in [0.2, 0.25) is 33.3 Å². The predicted molar refractivity (Wildman–Crippen MR) is 338 cm³/mol. The number of rotatable bonds is 47. The van der Waals surface area contributed by atoms with E-state index in [2.05, 4.69) is 21.1 Å². The van der Waals surface area contributed by atoms with Crippen molar-refractivity contribution < 1.29 is 92.8 Å². The molecule has 23 nitrogen and oxygen atoms in total. The van der Waals surface area contributed by atoms with E-state index >= 15 is 0 Å². The fourth-order valence-electron chi connectivity index (χ4n) is 9.19. The van der Waals surface area contributed by atoms with E-state index in [1.54, 1.807) is 30.3 Å². The van der Waals surface area contributed by atoms with Gasteiger partial charge < -0.3 is 73.2 Å². The van der Waals surface area contributed by atoms with Gasteiger partial charge in [0, 0.05) is 87.6 Å². The number of hydrogen-bond donors (Lipinski definition) is 3. The van der Waals surface area contributed by atoms with Gasteiger partial charge in [-0.15, -0.1) is 0 Å². The molecule has 0 spiro atoms. The van der Waals surface area contributed by atoms with E-state index in [1.165, 1.54) is 4.31 Å². The lowest BCUT2D eigenvalue weighted by Crippen LogP contribution is -2.51. The Morgan fingerprint density at radius 1 is 0.688 bits per heavy atom. The summed E-state index contributed by atoms with van der Waals surface area (Å²) >= 11 is 0. The van der Waals surface area contributed by atoms with Crippen molar-refractivity contribution in [2.75, 3.05) is 177 Å². The zero-order valence-electron chi connectivity index (χ0n) is 52.5. The van der Waals surface area contributed by atoms with Crippen LogP contribution in [0.4, 0.5) is 28.9 Å². The van der Waals surface area contributed by atoms with Gasteiger partial charge in [0.15, 0.2) is 11.6 Å². The van der Waals surface area contributed by atoms with Gasteiger partial charge in [-0.05, 0) is 72.9 Å². The monoisotopic (exact) mass is 1330 g/mol. The Morgan fingerprint density at radius 3 is 1.77 bits per heavy atom. The van der Waals surface area contributed by atoms with Crippen molar-refractivity contribution in [1.29, 1.82) is 5.26 Å². The molecule has 2 heterocycles. The molecule has 2 aliphatic rings. The average Bonchev–Trinajstić information content (AvgIpc) is 1.20. The van der Waals surface area contributed by atoms with Gasteiger partial charge in [0.1, 0.15) is 11.7 Å². The Balaban J connectivity index is 0.747. The second-order valence-corrected chi connectivity index (χ2v) is 23.1. The predicted octanol–water partition coefficient (Wildman–Crippen LogP) is 7.25. The number of halogens is 4. The molecule has 4 aromatic rings. The smallest absolute Gasteiger partial charge is 0.313 e. The van der Waals surface area contributed by atoms with Crippen LogP contribution in [-0.2, 0) is 67.0 Å². The lowest BCUT2D eigenvalue weighted by Gasteiger charge is -2.36. The topological polar surface area (TPSA) is 283 Å². The Morgan fingerprint density at radius 2 is 1.23 bits per heavy atom. The molecule has 510 valence electrons. The maximum Gasteiger partial charge on any atom is 0.313 e. The van der Waals surface area contributed by atoms with Crippen LogP contribution in [0.1, 0.15) is 56.6 Å². The Kier molecular flexibility index (Phi) is 34.4. The molecule has 28 heteroatoms. The Labute approximate surface area is 540 Å². The number of nitriles is 1. The average molecular weight is 1330 g/mol. The second-order valence-electron chi connectivity index (χ2n) is 21.2. The number of benzene rings is 4. The van der Waals surface area contributed by atoms with Gasteiger partial charge in [0.25, 0.3) is 0 Å². The third-order valence-electron chi connectivity index (χ3n) is 14.0. The molecule has 0 atom stereocenters. The number of nitrogens with zero attached hydrogens (tertiary/aromatic N) is 5. The number of esters is 1. The van der Waals surface area contributed by atoms with Crippen molar-refractivity contribution in [3.63, 3.8) is 0 Å². The summed E-state index contributed by atoms with van der Waals surface area (Å²) in [4.78, 5) is 37.5. The first-order chi connectivity index (χ1) is 45.2. The highest BCUT2D eigenvalue weighted by molar-refractivity contribution is 7.89. The second kappa shape index (κ2) is 42.5. The quantitative estimate of drug-likeness (QED) is 0.00746. The number of carbonyl (C=O) groups is 2. The van der Waals surface area contributed by atoms with Crippen LogP contribution in [0.25, 0.3) is 17.2 Å². The number of nitrogens with two attached hydrogens (primary N) is 1. The fourth-order valence-corrected chi connectivity index (χ4v) is 10.8. The van der Waals surface area contributed by atoms with Crippen molar-refractivity contribution >= 4 is 51.0 Å². The molecule has 0 aromatic heterocycles. The third kappa shape index (κ3) is 26.8. The number of aliphatic imine (C=N–C) groups is 2. The number of anilines is 1. The minimum atomic E-state index is -3.72. The van der Waals surface area contributed by atoms with Crippen LogP contribution in [-0.4, -0.2) is 218 Å². The number of sulfonamides is 1. The summed E-state index contributed by atoms with van der Waals surface area (Å²) in [5, 5.41) is 22.3. The zero-order valence-corrected chi connectivity index (χ0v) is 53.3. The number of amides is 1. The molecule has 6 rings (SSSR count). The highest BCUT2D eigenvalue weighted by Gasteiger charge is 2.36. The first kappa shape index (κ1) is 75.2. The fraction of sp³-hybridized carbons (Fsp3) is 0.523. The number of nitrogens with one attached hydrogen (secondary N) is 1. The van der Waals surface area contributed by atoms with Crippen LogP contribution in [0, 0.1) is 40.5 Å². The summed E-state index contributed by atoms with van der Waals surface area (Å²) in [5.74, 6) is -8.73. The lowest BCUT2D eigenvalue weighted by atomic mass is 10.0. The SMILES string of the molecule is CCCN(CCCN=C(CCCOCCOCCOCCOCCOCCOCCOCCOCCOCCOCCC(=O)Oc1c(F)c(F)cc(F)c1F)Nc1cccc(C#N)c1)C(=O)C1=Cc2ccc(-c3cccc(S(=O)(=O)N4CC(CO)C4)c3)cc2N=C(N)C1. The number of amidine groups is 2. The van der Waals surface area contributed by atoms with Crippen molar-refractivity contribution in [2.24, 2.45) is 21.6 Å². The minimum Gasteiger partial charge on any atom is -0.420 e. The largest absolute Gasteiger partial charge is 0.420 e. The highest BCUT2D eigenvalue weighted by atomic mass is 32.2. The number of carbonyl (C=O) groups excluding carboxylic acids is 2. The molecule has 0 saturated carbocycles. The van der Waals surface area contributed by atoms with E-state index in [4.69, 9.17) is 58.1 Å². The molecule has 0 bridgehead atoms. The van der Waals surface area contributed by atoms with Gasteiger partial charge in [-0.2, -0.15) is 18.3 Å². The number of ether oxygens (including phenoxy) is 11. The maximum atomic E-state index is 14.2. The molecule has 1 fully saturated rings. The number of hydrogen-bond acceptors (Lipinski definition) is 20. The van der Waals surface area contributed by atoms with E-state index in [0.29, 0.717) is 167 Å². The van der Waals surface area contributed by atoms with Gasteiger partial charge in [0.05, 0.1) is 154 Å². The summed E-state index contributed by atoms with van der Waals surface area (Å²) in [6, 6.07) is 21.7. The molecule has 93 heavy (non-hydrogen) atoms. The van der Waals surface area contributed by atoms with Crippen LogP contribution < -0.4 is 15.8 Å². The molecule has 0 unspecified atom stereocenters. The van der Waals surface area contributed by atoms with Crippen LogP contribution in [0.2, 0.25) is 0 Å². The first-order valence-electron chi connectivity index (χ1n) is 31.0. The lowest BCUT2D eigenvalue weighted by molar-refractivity contribution is -0.136. The van der Waals surface area contributed by atoms with E-state index in [9.17, 15) is 45.9 Å². The van der Waals surface area contributed by atoms with E-state index < -0.39 is 51.4 Å². The van der Waals surface area contributed by atoms with Crippen LogP contribution in [0.15, 0.2) is 93.2 Å². The standard InChI is InChI=1S/C65H85F4N7O16S/c1-2-16-75(65(79)53-39-52-13-12-51(41-58(52)74-59(71)42-53)50-8-4-10-55(40-50)93(80,81)76-45-49(46-76)47-77)17-6-15-72-60(73-54-9-3-7-48(38-54)44-70)11-5-18-82-20-22-84-24-26-86-28-30-88-32-34-90-36-37-91-35-33-89-31-29-87-27-25-85-23-21-83-19-14-61(78)92-64-62(68)56(66)43-57(67)63(64)69/h3-4,7-10,12-13,38-41,43,49,77H,2,5-6,11,14-37,42,45-47H2,1H3,(H2,71,74)(H,72,73). The van der Waals surface area contributed by atoms with Gasteiger partial charge in [-0.3, -0.25) is 14.6 Å². The van der Waals surface area contributed by atoms with Crippen molar-refractivity contribution in [3.05, 3.63) is 113 Å². The first-order valence-corrected chi connectivity index (χ1v) is 32.4. The summed E-state index contributed by atoms with van der Waals surface area (Å²) in [7, 11) is -3.72. The Bertz CT molecular complexity index is 3180. The van der Waals surface area contributed by atoms with Crippen molar-refractivity contribution in [3.8, 4) is 22.9 Å². The normalized spacial score (nSPS) is 13.6. The molecule has 0 aliphatic carbocycles. The molecule has 4 N–H and O–H groups in total. The summed E-state index contributed by atoms with van der Waals surface area (Å²) in [6.45, 7) is 10.7. The van der Waals surface area contributed by atoms with Gasteiger partial charge >= 0.3 is 5.97 Å². The van der Waals surface area contributed by atoms with Crippen molar-refractivity contribution in [2.45, 2.75) is 50.3 Å². The Hall–Kier alpha value is -6.82. The summed E-state index contributed by atoms with van der Waals surface area (Å²) < 4.78 is 141. The third-order valence-corrected chi connectivity index (χ3v) is 15.8. The minimum absolute atomic E-state index is 0.0130. The zero-order chi connectivity index (χ0) is 66.5. The molecule has 1 amide bonds. The molecule has 2 aliphatic heterocycles. The molecule has 4 aromatic carbocycles. The molecule has 1 saturated heterocycles. The van der Waals surface area contributed by atoms with E-state index in [1.807, 2.05) is 54.3 Å². The summed E-state index contributed by atoms with van der Waals surface area (Å²) in [5.41, 5.74) is 10.9. The van der Waals surface area contributed by atoms with Crippen LogP contribution in [0.3, 0.4) is 0 Å². The van der Waals surface area contributed by atoms with E-state index in [0.717, 1.165) is 29.1 Å². The highest BCUT2D eigenvalue weighted by Crippen LogP contribution is 2.34. The number of aliphatic hydroxyl groups excluding tert-OH is 1. The summed E-state index contributed by atoms with van der Waals surface area (Å²) in [6.07, 6.45) is 4.17. The van der Waals surface area contributed by atoms with Crippen LogP contribution in [0.5, 0.6) is 5.75 Å².